The van der Waals surface area contributed by atoms with Crippen LogP contribution in [0.1, 0.15) is 5.56 Å². The van der Waals surface area contributed by atoms with Gasteiger partial charge in [-0.05, 0) is 33.6 Å². The van der Waals surface area contributed by atoms with Crippen molar-refractivity contribution in [2.45, 2.75) is 0 Å². The largest absolute Gasteiger partial charge is 0.123 e. The molecule has 0 fully saturated rings. The first-order chi connectivity index (χ1) is 6.77. The molecule has 0 aliphatic carbocycles. The second-order valence-electron chi connectivity index (χ2n) is 2.81. The smallest absolute Gasteiger partial charge is 0.0645 e. The molecule has 1 aliphatic heterocycles. The fourth-order valence-electron chi connectivity index (χ4n) is 1.20. The van der Waals surface area contributed by atoms with Gasteiger partial charge in [-0.25, -0.2) is 0 Å². The van der Waals surface area contributed by atoms with E-state index in [-0.39, 0.29) is 0 Å². The third-order valence-electron chi connectivity index (χ3n) is 1.84. The lowest BCUT2D eigenvalue weighted by Gasteiger charge is -2.15. The Bertz CT molecular complexity index is 359. The summed E-state index contributed by atoms with van der Waals surface area (Å²) in [6, 6.07) is 8.00. The van der Waals surface area contributed by atoms with Crippen LogP contribution in [0.3, 0.4) is 0 Å². The molecule has 0 amide bonds. The molecule has 1 heterocycles. The first kappa shape index (κ1) is 10.9. The van der Waals surface area contributed by atoms with Crippen molar-refractivity contribution in [2.75, 3.05) is 11.5 Å². The van der Waals surface area contributed by atoms with E-state index in [1.54, 1.807) is 0 Å². The highest BCUT2D eigenvalue weighted by molar-refractivity contribution is 9.14. The van der Waals surface area contributed by atoms with E-state index < -0.39 is 0 Å². The predicted octanol–water partition coefficient (Wildman–Crippen LogP) is 4.84. The highest BCUT2D eigenvalue weighted by atomic mass is 79.9. The van der Waals surface area contributed by atoms with Crippen molar-refractivity contribution >= 4 is 56.0 Å². The van der Waals surface area contributed by atoms with Crippen molar-refractivity contribution in [3.8, 4) is 0 Å². The van der Waals surface area contributed by atoms with Crippen molar-refractivity contribution < 1.29 is 0 Å². The van der Waals surface area contributed by atoms with E-state index in [0.717, 1.165) is 5.02 Å². The molecular formula is C10H8BrClS2. The summed E-state index contributed by atoms with van der Waals surface area (Å²) in [4.78, 5) is 1.33. The van der Waals surface area contributed by atoms with Gasteiger partial charge < -0.3 is 0 Å². The van der Waals surface area contributed by atoms with Gasteiger partial charge in [0.25, 0.3) is 0 Å². The van der Waals surface area contributed by atoms with Crippen LogP contribution >= 0.6 is 51.1 Å². The molecule has 1 aliphatic rings. The van der Waals surface area contributed by atoms with E-state index >= 15 is 0 Å². The van der Waals surface area contributed by atoms with Crippen LogP contribution in [0.15, 0.2) is 28.1 Å². The molecule has 0 saturated heterocycles. The SMILES string of the molecule is Clc1ccc(C2=C(Br)SCCS2)cc1. The van der Waals surface area contributed by atoms with Crippen molar-refractivity contribution in [3.63, 3.8) is 0 Å². The second-order valence-corrected chi connectivity index (χ2v) is 6.77. The Morgan fingerprint density at radius 3 is 2.36 bits per heavy atom. The molecule has 0 spiro atoms. The van der Waals surface area contributed by atoms with E-state index in [2.05, 4.69) is 28.1 Å². The quantitative estimate of drug-likeness (QED) is 0.728. The van der Waals surface area contributed by atoms with Gasteiger partial charge in [-0.2, -0.15) is 0 Å². The van der Waals surface area contributed by atoms with Gasteiger partial charge in [-0.15, -0.1) is 23.5 Å². The maximum Gasteiger partial charge on any atom is 0.0645 e. The van der Waals surface area contributed by atoms with Crippen LogP contribution in [0.4, 0.5) is 0 Å². The Balaban J connectivity index is 2.34. The summed E-state index contributed by atoms with van der Waals surface area (Å²) in [5.41, 5.74) is 1.25. The lowest BCUT2D eigenvalue weighted by Crippen LogP contribution is -1.93. The average Bonchev–Trinajstić information content (AvgIpc) is 2.20. The normalized spacial score (nSPS) is 17.3. The van der Waals surface area contributed by atoms with Crippen LogP contribution in [-0.2, 0) is 0 Å². The minimum Gasteiger partial charge on any atom is -0.123 e. The van der Waals surface area contributed by atoms with E-state index in [9.17, 15) is 0 Å². The first-order valence-corrected chi connectivity index (χ1v) is 7.33. The van der Waals surface area contributed by atoms with E-state index in [1.165, 1.54) is 25.8 Å². The fourth-order valence-corrected chi connectivity index (χ4v) is 4.45. The lowest BCUT2D eigenvalue weighted by molar-refractivity contribution is 1.55. The van der Waals surface area contributed by atoms with Crippen molar-refractivity contribution in [1.82, 2.24) is 0 Å². The Kier molecular flexibility index (Phi) is 3.88. The predicted molar refractivity (Wildman–Crippen MR) is 72.2 cm³/mol. The number of rotatable bonds is 1. The summed E-state index contributed by atoms with van der Waals surface area (Å²) < 4.78 is 1.25. The fraction of sp³-hybridized carbons (Fsp3) is 0.200. The molecule has 0 unspecified atom stereocenters. The van der Waals surface area contributed by atoms with Crippen LogP contribution in [0.2, 0.25) is 5.02 Å². The third kappa shape index (κ3) is 2.51. The van der Waals surface area contributed by atoms with Gasteiger partial charge in [0, 0.05) is 21.4 Å². The molecule has 2 rings (SSSR count). The number of hydrogen-bond donors (Lipinski definition) is 0. The van der Waals surface area contributed by atoms with Gasteiger partial charge in [0.15, 0.2) is 0 Å². The van der Waals surface area contributed by atoms with Crippen molar-refractivity contribution in [2.24, 2.45) is 0 Å². The molecule has 0 N–H and O–H groups in total. The van der Waals surface area contributed by atoms with Gasteiger partial charge in [0.1, 0.15) is 0 Å². The maximum atomic E-state index is 5.85. The van der Waals surface area contributed by atoms with Crippen molar-refractivity contribution in [3.05, 3.63) is 38.7 Å². The number of halogens is 2. The van der Waals surface area contributed by atoms with Crippen LogP contribution in [0.25, 0.3) is 4.91 Å². The Morgan fingerprint density at radius 1 is 1.07 bits per heavy atom. The molecule has 74 valence electrons. The Labute approximate surface area is 106 Å². The van der Waals surface area contributed by atoms with Crippen LogP contribution in [0.5, 0.6) is 0 Å². The molecular weight excluding hydrogens is 300 g/mol. The van der Waals surface area contributed by atoms with Gasteiger partial charge in [-0.3, -0.25) is 0 Å². The molecule has 4 heteroatoms. The number of benzene rings is 1. The molecule has 1 aromatic rings. The zero-order valence-corrected chi connectivity index (χ0v) is 11.3. The maximum absolute atomic E-state index is 5.85. The minimum atomic E-state index is 0.791. The van der Waals surface area contributed by atoms with E-state index in [0.29, 0.717) is 0 Å². The summed E-state index contributed by atoms with van der Waals surface area (Å²) in [5, 5.41) is 0.791. The summed E-state index contributed by atoms with van der Waals surface area (Å²) >= 11 is 13.2. The summed E-state index contributed by atoms with van der Waals surface area (Å²) in [6.45, 7) is 0. The first-order valence-electron chi connectivity index (χ1n) is 4.18. The summed E-state index contributed by atoms with van der Waals surface area (Å²) in [7, 11) is 0. The number of thioether (sulfide) groups is 2. The number of hydrogen-bond acceptors (Lipinski definition) is 2. The average molecular weight is 308 g/mol. The van der Waals surface area contributed by atoms with E-state index in [1.807, 2.05) is 35.7 Å². The van der Waals surface area contributed by atoms with Crippen LogP contribution in [-0.4, -0.2) is 11.5 Å². The Morgan fingerprint density at radius 2 is 1.71 bits per heavy atom. The molecule has 0 saturated carbocycles. The third-order valence-corrected chi connectivity index (χ3v) is 5.83. The van der Waals surface area contributed by atoms with Crippen LogP contribution < -0.4 is 0 Å². The monoisotopic (exact) mass is 306 g/mol. The molecule has 0 atom stereocenters. The summed E-state index contributed by atoms with van der Waals surface area (Å²) in [5.74, 6) is 2.36. The van der Waals surface area contributed by atoms with Crippen LogP contribution in [0, 0.1) is 0 Å². The highest BCUT2D eigenvalue weighted by Gasteiger charge is 2.13. The van der Waals surface area contributed by atoms with Gasteiger partial charge in [-0.1, -0.05) is 23.7 Å². The second kappa shape index (κ2) is 4.97. The molecule has 1 aromatic carbocycles. The molecule has 0 nitrogen and oxygen atoms in total. The molecule has 0 bridgehead atoms. The highest BCUT2D eigenvalue weighted by Crippen LogP contribution is 2.43. The van der Waals surface area contributed by atoms with Gasteiger partial charge in [0.2, 0.25) is 0 Å². The minimum absolute atomic E-state index is 0.791. The standard InChI is InChI=1S/C10H8BrClS2/c11-10-9(13-5-6-14-10)7-1-3-8(12)4-2-7/h1-4H,5-6H2. The van der Waals surface area contributed by atoms with Crippen molar-refractivity contribution in [1.29, 1.82) is 0 Å². The van der Waals surface area contributed by atoms with Gasteiger partial charge >= 0.3 is 0 Å². The van der Waals surface area contributed by atoms with E-state index in [4.69, 9.17) is 11.6 Å². The zero-order valence-electron chi connectivity index (χ0n) is 7.30. The molecule has 14 heavy (non-hydrogen) atoms. The Hall–Kier alpha value is 0.430. The van der Waals surface area contributed by atoms with Gasteiger partial charge in [0.05, 0.1) is 3.81 Å². The zero-order chi connectivity index (χ0) is 9.97. The molecule has 0 aromatic heterocycles. The molecule has 0 radical (unpaired) electrons. The lowest BCUT2D eigenvalue weighted by atomic mass is 10.2. The topological polar surface area (TPSA) is 0 Å². The summed E-state index contributed by atoms with van der Waals surface area (Å²) in [6.07, 6.45) is 0.